The number of aromatic nitrogens is 1. The molecule has 1 aliphatic carbocycles. The number of alkyl halides is 1. The van der Waals surface area contributed by atoms with Crippen LogP contribution in [0.3, 0.4) is 0 Å². The summed E-state index contributed by atoms with van der Waals surface area (Å²) in [5.41, 5.74) is -1.21. The molecule has 0 aliphatic heterocycles. The normalized spacial score (nSPS) is 17.9. The van der Waals surface area contributed by atoms with Crippen molar-refractivity contribution in [2.24, 2.45) is 11.8 Å². The second-order valence-electron chi connectivity index (χ2n) is 9.48. The zero-order chi connectivity index (χ0) is 24.9. The summed E-state index contributed by atoms with van der Waals surface area (Å²) in [6, 6.07) is 5.25. The fourth-order valence-corrected chi connectivity index (χ4v) is 4.41. The van der Waals surface area contributed by atoms with Crippen molar-refractivity contribution < 1.29 is 27.9 Å². The predicted molar refractivity (Wildman–Crippen MR) is 121 cm³/mol. The van der Waals surface area contributed by atoms with Gasteiger partial charge in [-0.1, -0.05) is 0 Å². The van der Waals surface area contributed by atoms with Gasteiger partial charge in [-0.2, -0.15) is 5.26 Å². The maximum Gasteiger partial charge on any atom is 0.224 e. The lowest BCUT2D eigenvalue weighted by Crippen LogP contribution is -2.42. The van der Waals surface area contributed by atoms with Crippen molar-refractivity contribution in [3.05, 3.63) is 30.2 Å². The molecule has 2 N–H and O–H groups in total. The van der Waals surface area contributed by atoms with Crippen molar-refractivity contribution in [1.29, 1.82) is 5.26 Å². The van der Waals surface area contributed by atoms with E-state index in [9.17, 15) is 28.4 Å². The van der Waals surface area contributed by atoms with E-state index in [2.05, 4.69) is 10.3 Å². The van der Waals surface area contributed by atoms with Gasteiger partial charge in [0.05, 0.1) is 11.6 Å². The van der Waals surface area contributed by atoms with Gasteiger partial charge in [0.2, 0.25) is 5.91 Å². The van der Waals surface area contributed by atoms with E-state index in [1.165, 1.54) is 26.0 Å². The summed E-state index contributed by atoms with van der Waals surface area (Å²) in [6.45, 7) is 2.20. The van der Waals surface area contributed by atoms with Gasteiger partial charge in [0.1, 0.15) is 35.7 Å². The number of ketones is 2. The summed E-state index contributed by atoms with van der Waals surface area (Å²) < 4.78 is 33.7. The SMILES string of the molecule is CC(C)(F)C[C@H](CC(=O)COc1cc(F)cc2[nH]ccc12)C(=O)N[C@H](C#N)C[C@@H]1CCCC1=O. The lowest BCUT2D eigenvalue weighted by atomic mass is 9.89. The van der Waals surface area contributed by atoms with Crippen molar-refractivity contribution >= 4 is 28.4 Å². The standard InChI is InChI=1S/C25H29F2N3O4/c1-25(2,27)12-16(24(33)30-18(13-28)8-15-4-3-5-22(15)32)9-19(31)14-34-23-11-17(26)10-21-20(23)6-7-29-21/h6-7,10-11,15-16,18,29H,3-5,8-9,12,14H2,1-2H3,(H,30,33)/t15-,16-,18-/m0/s1. The van der Waals surface area contributed by atoms with Gasteiger partial charge < -0.3 is 15.0 Å². The molecule has 0 bridgehead atoms. The van der Waals surface area contributed by atoms with Crippen LogP contribution in [0, 0.1) is 29.0 Å². The number of benzene rings is 1. The average molecular weight is 474 g/mol. The van der Waals surface area contributed by atoms with Gasteiger partial charge in [-0.3, -0.25) is 14.4 Å². The van der Waals surface area contributed by atoms with Crippen LogP contribution in [0.5, 0.6) is 5.75 Å². The Morgan fingerprint density at radius 1 is 1.38 bits per heavy atom. The Labute approximate surface area is 196 Å². The molecule has 1 aromatic carbocycles. The molecule has 0 spiro atoms. The third-order valence-electron chi connectivity index (χ3n) is 5.98. The molecule has 1 aliphatic rings. The van der Waals surface area contributed by atoms with Crippen LogP contribution in [0.2, 0.25) is 0 Å². The van der Waals surface area contributed by atoms with Gasteiger partial charge >= 0.3 is 0 Å². The molecule has 1 saturated carbocycles. The van der Waals surface area contributed by atoms with Gasteiger partial charge in [0.15, 0.2) is 5.78 Å². The van der Waals surface area contributed by atoms with E-state index >= 15 is 0 Å². The molecule has 1 fully saturated rings. The van der Waals surface area contributed by atoms with E-state index in [1.54, 1.807) is 12.3 Å². The molecule has 3 atom stereocenters. The van der Waals surface area contributed by atoms with Gasteiger partial charge in [0, 0.05) is 42.3 Å². The van der Waals surface area contributed by atoms with Crippen LogP contribution < -0.4 is 10.1 Å². The van der Waals surface area contributed by atoms with Crippen molar-refractivity contribution in [2.75, 3.05) is 6.61 Å². The Balaban J connectivity index is 1.63. The number of halogens is 2. The van der Waals surface area contributed by atoms with E-state index in [0.29, 0.717) is 23.7 Å². The van der Waals surface area contributed by atoms with E-state index in [1.807, 2.05) is 6.07 Å². The summed E-state index contributed by atoms with van der Waals surface area (Å²) in [4.78, 5) is 40.3. The van der Waals surface area contributed by atoms with E-state index in [0.717, 1.165) is 6.42 Å². The maximum absolute atomic E-state index is 14.4. The number of carbonyl (C=O) groups excluding carboxylic acids is 3. The Bertz CT molecular complexity index is 1100. The van der Waals surface area contributed by atoms with Crippen LogP contribution in [-0.2, 0) is 14.4 Å². The first-order chi connectivity index (χ1) is 16.1. The average Bonchev–Trinajstić information content (AvgIpc) is 3.38. The molecule has 1 aromatic heterocycles. The highest BCUT2D eigenvalue weighted by molar-refractivity contribution is 5.89. The summed E-state index contributed by atoms with van der Waals surface area (Å²) in [5, 5.41) is 12.6. The molecule has 9 heteroatoms. The number of hydrogen-bond donors (Lipinski definition) is 2. The summed E-state index contributed by atoms with van der Waals surface area (Å²) in [5.74, 6) is -2.64. The van der Waals surface area contributed by atoms with Crippen LogP contribution in [0.1, 0.15) is 52.4 Å². The number of ether oxygens (including phenoxy) is 1. The van der Waals surface area contributed by atoms with E-state index < -0.39 is 41.7 Å². The molecular formula is C25H29F2N3O4. The molecule has 1 heterocycles. The maximum atomic E-state index is 14.4. The quantitative estimate of drug-likeness (QED) is 0.509. The molecule has 3 rings (SSSR count). The van der Waals surface area contributed by atoms with Crippen LogP contribution in [0.4, 0.5) is 8.78 Å². The molecule has 0 saturated heterocycles. The van der Waals surface area contributed by atoms with Crippen LogP contribution in [0.25, 0.3) is 10.9 Å². The predicted octanol–water partition coefficient (Wildman–Crippen LogP) is 4.17. The number of rotatable bonds is 11. The number of hydrogen-bond acceptors (Lipinski definition) is 5. The second kappa shape index (κ2) is 10.8. The molecule has 182 valence electrons. The van der Waals surface area contributed by atoms with Crippen LogP contribution >= 0.6 is 0 Å². The Kier molecular flexibility index (Phi) is 8.02. The third-order valence-corrected chi connectivity index (χ3v) is 5.98. The minimum atomic E-state index is -1.73. The van der Waals surface area contributed by atoms with E-state index in [-0.39, 0.29) is 36.7 Å². The first kappa shape index (κ1) is 25.3. The smallest absolute Gasteiger partial charge is 0.224 e. The highest BCUT2D eigenvalue weighted by Crippen LogP contribution is 2.28. The van der Waals surface area contributed by atoms with Gasteiger partial charge in [-0.15, -0.1) is 0 Å². The zero-order valence-electron chi connectivity index (χ0n) is 19.3. The molecule has 1 amide bonds. The zero-order valence-corrected chi connectivity index (χ0v) is 19.3. The molecule has 34 heavy (non-hydrogen) atoms. The summed E-state index contributed by atoms with van der Waals surface area (Å²) in [7, 11) is 0. The highest BCUT2D eigenvalue weighted by Gasteiger charge is 2.33. The fraction of sp³-hybridized carbons (Fsp3) is 0.520. The van der Waals surface area contributed by atoms with Crippen LogP contribution in [0.15, 0.2) is 24.4 Å². The summed E-state index contributed by atoms with van der Waals surface area (Å²) in [6.07, 6.45) is 3.22. The van der Waals surface area contributed by atoms with E-state index in [4.69, 9.17) is 4.74 Å². The second-order valence-corrected chi connectivity index (χ2v) is 9.48. The van der Waals surface area contributed by atoms with Crippen LogP contribution in [-0.4, -0.2) is 40.8 Å². The number of nitrogens with one attached hydrogen (secondary N) is 2. The van der Waals surface area contributed by atoms with Crippen molar-refractivity contribution in [2.45, 2.75) is 64.1 Å². The van der Waals surface area contributed by atoms with Gasteiger partial charge in [-0.05, 0) is 51.7 Å². The number of amides is 1. The fourth-order valence-electron chi connectivity index (χ4n) is 4.41. The van der Waals surface area contributed by atoms with Crippen molar-refractivity contribution in [3.63, 3.8) is 0 Å². The lowest BCUT2D eigenvalue weighted by molar-refractivity contribution is -0.131. The number of H-pyrrole nitrogens is 1. The molecular weight excluding hydrogens is 444 g/mol. The first-order valence-electron chi connectivity index (χ1n) is 11.4. The van der Waals surface area contributed by atoms with Gasteiger partial charge in [0.25, 0.3) is 0 Å². The summed E-state index contributed by atoms with van der Waals surface area (Å²) >= 11 is 0. The van der Waals surface area contributed by atoms with Crippen molar-refractivity contribution in [3.8, 4) is 11.8 Å². The molecule has 0 radical (unpaired) electrons. The first-order valence-corrected chi connectivity index (χ1v) is 11.4. The number of nitrogens with zero attached hydrogens (tertiary/aromatic N) is 1. The molecule has 7 nitrogen and oxygen atoms in total. The third kappa shape index (κ3) is 6.86. The van der Waals surface area contributed by atoms with Gasteiger partial charge in [-0.25, -0.2) is 8.78 Å². The number of Topliss-reactive ketones (excluding diaryl/α,β-unsaturated/α-hetero) is 2. The number of carbonyl (C=O) groups is 3. The minimum Gasteiger partial charge on any atom is -0.485 e. The Hall–Kier alpha value is -3.28. The molecule has 2 aromatic rings. The lowest BCUT2D eigenvalue weighted by Gasteiger charge is -2.24. The monoisotopic (exact) mass is 473 g/mol. The number of nitriles is 1. The molecule has 0 unspecified atom stereocenters. The van der Waals surface area contributed by atoms with Crippen molar-refractivity contribution in [1.82, 2.24) is 10.3 Å². The number of aromatic amines is 1. The number of fused-ring (bicyclic) bond motifs is 1. The Morgan fingerprint density at radius 3 is 2.79 bits per heavy atom. The minimum absolute atomic E-state index is 0.0807. The Morgan fingerprint density at radius 2 is 2.15 bits per heavy atom. The largest absolute Gasteiger partial charge is 0.485 e. The topological polar surface area (TPSA) is 112 Å². The highest BCUT2D eigenvalue weighted by atomic mass is 19.1.